The summed E-state index contributed by atoms with van der Waals surface area (Å²) in [5.74, 6) is 0.890. The molecular weight excluding hydrogens is 245 g/mol. The van der Waals surface area contributed by atoms with Crippen LogP contribution in [0.3, 0.4) is 0 Å². The fraction of sp³-hybridized carbons (Fsp3) is 0.462. The predicted molar refractivity (Wildman–Crippen MR) is 69.7 cm³/mol. The number of tetrazole rings is 1. The summed E-state index contributed by atoms with van der Waals surface area (Å²) in [6.45, 7) is 2.22. The zero-order chi connectivity index (χ0) is 13.4. The number of anilines is 1. The molecule has 1 aromatic carbocycles. The molecule has 1 heterocycles. The van der Waals surface area contributed by atoms with Crippen LogP contribution in [0.4, 0.5) is 10.1 Å². The maximum atomic E-state index is 13.4. The van der Waals surface area contributed by atoms with Gasteiger partial charge in [0.05, 0.1) is 6.04 Å². The highest BCUT2D eigenvalue weighted by atomic mass is 19.1. The number of nitrogens with two attached hydrogens (primary N) is 1. The molecular formula is C13H16FN5. The summed E-state index contributed by atoms with van der Waals surface area (Å²) in [5, 5.41) is 11.8. The van der Waals surface area contributed by atoms with Crippen molar-refractivity contribution in [3.8, 4) is 11.4 Å². The van der Waals surface area contributed by atoms with Crippen LogP contribution in [-0.4, -0.2) is 20.2 Å². The molecule has 1 saturated carbocycles. The lowest BCUT2D eigenvalue weighted by Crippen LogP contribution is -2.10. The fourth-order valence-electron chi connectivity index (χ4n) is 2.74. The average Bonchev–Trinajstić information content (AvgIpc) is 3.00. The lowest BCUT2D eigenvalue weighted by atomic mass is 10.1. The monoisotopic (exact) mass is 261 g/mol. The van der Waals surface area contributed by atoms with Gasteiger partial charge in [-0.05, 0) is 53.8 Å². The van der Waals surface area contributed by atoms with Crippen LogP contribution >= 0.6 is 0 Å². The molecule has 0 saturated heterocycles. The van der Waals surface area contributed by atoms with Crippen molar-refractivity contribution < 1.29 is 4.39 Å². The van der Waals surface area contributed by atoms with E-state index in [9.17, 15) is 4.39 Å². The first kappa shape index (κ1) is 12.1. The van der Waals surface area contributed by atoms with Crippen LogP contribution in [0, 0.1) is 11.7 Å². The van der Waals surface area contributed by atoms with Crippen LogP contribution in [0.2, 0.25) is 0 Å². The number of hydrogen-bond acceptors (Lipinski definition) is 4. The van der Waals surface area contributed by atoms with Crippen molar-refractivity contribution in [2.45, 2.75) is 32.2 Å². The molecule has 0 bridgehead atoms. The Hall–Kier alpha value is -1.98. The molecule has 6 heteroatoms. The van der Waals surface area contributed by atoms with Gasteiger partial charge in [-0.2, -0.15) is 0 Å². The van der Waals surface area contributed by atoms with Crippen molar-refractivity contribution in [1.82, 2.24) is 20.2 Å². The summed E-state index contributed by atoms with van der Waals surface area (Å²) in [7, 11) is 0. The molecule has 1 fully saturated rings. The molecule has 1 aliphatic carbocycles. The maximum Gasteiger partial charge on any atom is 0.184 e. The average molecular weight is 261 g/mol. The van der Waals surface area contributed by atoms with Crippen LogP contribution in [0.15, 0.2) is 18.2 Å². The van der Waals surface area contributed by atoms with Gasteiger partial charge >= 0.3 is 0 Å². The van der Waals surface area contributed by atoms with Crippen molar-refractivity contribution in [1.29, 1.82) is 0 Å². The van der Waals surface area contributed by atoms with E-state index in [2.05, 4.69) is 22.4 Å². The van der Waals surface area contributed by atoms with Crippen LogP contribution < -0.4 is 5.73 Å². The lowest BCUT2D eigenvalue weighted by molar-refractivity contribution is 0.443. The number of benzene rings is 1. The molecule has 1 aliphatic rings. The van der Waals surface area contributed by atoms with Gasteiger partial charge in [0, 0.05) is 11.3 Å². The number of aromatic nitrogens is 4. The second-order valence-corrected chi connectivity index (χ2v) is 5.25. The first-order valence-corrected chi connectivity index (χ1v) is 6.48. The summed E-state index contributed by atoms with van der Waals surface area (Å²) < 4.78 is 15.2. The molecule has 100 valence electrons. The van der Waals surface area contributed by atoms with Gasteiger partial charge in [-0.25, -0.2) is 9.07 Å². The number of hydrogen-bond donors (Lipinski definition) is 1. The SMILES string of the molecule is CC1CCC(n2nnnc2-c2cc(F)ccc2N)C1. The van der Waals surface area contributed by atoms with E-state index in [-0.39, 0.29) is 11.9 Å². The minimum absolute atomic E-state index is 0.280. The van der Waals surface area contributed by atoms with Gasteiger partial charge in [0.2, 0.25) is 0 Å². The van der Waals surface area contributed by atoms with Crippen LogP contribution in [0.25, 0.3) is 11.4 Å². The number of rotatable bonds is 2. The van der Waals surface area contributed by atoms with E-state index in [1.807, 2.05) is 0 Å². The standard InChI is InChI=1S/C13H16FN5/c1-8-2-4-10(6-8)19-13(16-17-18-19)11-7-9(14)3-5-12(11)15/h3,5,7-8,10H,2,4,6,15H2,1H3. The third-order valence-corrected chi connectivity index (χ3v) is 3.76. The van der Waals surface area contributed by atoms with Gasteiger partial charge in [0.1, 0.15) is 5.82 Å². The Balaban J connectivity index is 2.02. The van der Waals surface area contributed by atoms with Gasteiger partial charge in [-0.1, -0.05) is 6.92 Å². The molecule has 0 spiro atoms. The first-order valence-electron chi connectivity index (χ1n) is 6.48. The molecule has 0 aliphatic heterocycles. The zero-order valence-electron chi connectivity index (χ0n) is 10.8. The Morgan fingerprint density at radius 2 is 2.21 bits per heavy atom. The van der Waals surface area contributed by atoms with E-state index in [4.69, 9.17) is 5.73 Å². The Kier molecular flexibility index (Phi) is 2.93. The number of nitrogens with zero attached hydrogens (tertiary/aromatic N) is 4. The largest absolute Gasteiger partial charge is 0.398 e. The molecule has 2 N–H and O–H groups in total. The van der Waals surface area contributed by atoms with Crippen molar-refractivity contribution in [3.63, 3.8) is 0 Å². The topological polar surface area (TPSA) is 69.6 Å². The molecule has 19 heavy (non-hydrogen) atoms. The van der Waals surface area contributed by atoms with E-state index in [0.717, 1.165) is 12.8 Å². The molecule has 5 nitrogen and oxygen atoms in total. The third-order valence-electron chi connectivity index (χ3n) is 3.76. The summed E-state index contributed by atoms with van der Waals surface area (Å²) >= 11 is 0. The summed E-state index contributed by atoms with van der Waals surface area (Å²) in [6, 6.07) is 4.55. The van der Waals surface area contributed by atoms with Gasteiger partial charge < -0.3 is 5.73 Å². The van der Waals surface area contributed by atoms with Gasteiger partial charge in [0.25, 0.3) is 0 Å². The van der Waals surface area contributed by atoms with Gasteiger partial charge in [-0.15, -0.1) is 5.10 Å². The Morgan fingerprint density at radius 1 is 1.37 bits per heavy atom. The van der Waals surface area contributed by atoms with Gasteiger partial charge in [-0.3, -0.25) is 0 Å². The Labute approximate surface area is 110 Å². The minimum atomic E-state index is -0.335. The van der Waals surface area contributed by atoms with Crippen molar-refractivity contribution in [2.75, 3.05) is 5.73 Å². The van der Waals surface area contributed by atoms with Crippen LogP contribution in [0.1, 0.15) is 32.2 Å². The van der Waals surface area contributed by atoms with E-state index in [1.165, 1.54) is 18.6 Å². The summed E-state index contributed by atoms with van der Waals surface area (Å²) in [6.07, 6.45) is 3.27. The van der Waals surface area contributed by atoms with E-state index in [0.29, 0.717) is 23.0 Å². The molecule has 1 aromatic heterocycles. The van der Waals surface area contributed by atoms with Crippen molar-refractivity contribution in [2.24, 2.45) is 5.92 Å². The minimum Gasteiger partial charge on any atom is -0.398 e. The quantitative estimate of drug-likeness (QED) is 0.843. The zero-order valence-corrected chi connectivity index (χ0v) is 10.8. The lowest BCUT2D eigenvalue weighted by Gasteiger charge is -2.13. The van der Waals surface area contributed by atoms with Gasteiger partial charge in [0.15, 0.2) is 5.82 Å². The van der Waals surface area contributed by atoms with Crippen molar-refractivity contribution >= 4 is 5.69 Å². The second kappa shape index (κ2) is 4.60. The van der Waals surface area contributed by atoms with Crippen LogP contribution in [-0.2, 0) is 0 Å². The maximum absolute atomic E-state index is 13.4. The predicted octanol–water partition coefficient (Wildman–Crippen LogP) is 2.42. The van der Waals surface area contributed by atoms with Crippen molar-refractivity contribution in [3.05, 3.63) is 24.0 Å². The Bertz CT molecular complexity index is 594. The molecule has 2 atom stereocenters. The summed E-state index contributed by atoms with van der Waals surface area (Å²) in [5.41, 5.74) is 6.95. The van der Waals surface area contributed by atoms with E-state index >= 15 is 0 Å². The number of halogens is 1. The smallest absolute Gasteiger partial charge is 0.184 e. The normalized spacial score (nSPS) is 22.8. The first-order chi connectivity index (χ1) is 9.15. The molecule has 2 aromatic rings. The van der Waals surface area contributed by atoms with E-state index in [1.54, 1.807) is 10.7 Å². The molecule has 3 rings (SSSR count). The highest BCUT2D eigenvalue weighted by molar-refractivity contribution is 5.71. The second-order valence-electron chi connectivity index (χ2n) is 5.25. The van der Waals surface area contributed by atoms with E-state index < -0.39 is 0 Å². The molecule has 2 unspecified atom stereocenters. The highest BCUT2D eigenvalue weighted by Gasteiger charge is 2.27. The molecule has 0 amide bonds. The molecule has 0 radical (unpaired) electrons. The summed E-state index contributed by atoms with van der Waals surface area (Å²) in [4.78, 5) is 0. The highest BCUT2D eigenvalue weighted by Crippen LogP contribution is 2.36. The fourth-order valence-corrected chi connectivity index (χ4v) is 2.74. The van der Waals surface area contributed by atoms with Crippen LogP contribution in [0.5, 0.6) is 0 Å². The number of nitrogen functional groups attached to an aromatic ring is 1. The third kappa shape index (κ3) is 2.18. The Morgan fingerprint density at radius 3 is 2.95 bits per heavy atom.